The molecule has 0 atom stereocenters. The molecule has 0 saturated heterocycles. The van der Waals surface area contributed by atoms with Crippen molar-refractivity contribution in [1.29, 1.82) is 0 Å². The third kappa shape index (κ3) is 1.58. The van der Waals surface area contributed by atoms with E-state index < -0.39 is 0 Å². The van der Waals surface area contributed by atoms with Gasteiger partial charge in [-0.2, -0.15) is 0 Å². The van der Waals surface area contributed by atoms with Crippen molar-refractivity contribution < 1.29 is 0 Å². The molecular formula is C17H20. The zero-order valence-corrected chi connectivity index (χ0v) is 11.2. The van der Waals surface area contributed by atoms with E-state index in [1.807, 2.05) is 0 Å². The molecule has 0 unspecified atom stereocenters. The second kappa shape index (κ2) is 3.60. The summed E-state index contributed by atoms with van der Waals surface area (Å²) in [5, 5.41) is 2.91. The van der Waals surface area contributed by atoms with Crippen molar-refractivity contribution in [2.24, 2.45) is 0 Å². The van der Waals surface area contributed by atoms with Crippen LogP contribution in [-0.4, -0.2) is 0 Å². The molecule has 0 bridgehead atoms. The van der Waals surface area contributed by atoms with E-state index in [-0.39, 0.29) is 0 Å². The average Bonchev–Trinajstić information content (AvgIpc) is 3.17. The van der Waals surface area contributed by atoms with Gasteiger partial charge in [0.15, 0.2) is 0 Å². The monoisotopic (exact) mass is 224 g/mol. The minimum absolute atomic E-state index is 0.848. The first kappa shape index (κ1) is 10.8. The standard InChI is InChI=1S/C17H20/c1-10-11(2)13(4)17-9-15(14-5-6-14)7-8-16(17)12(10)3/h7-9,14H,5-6H2,1-4H3. The molecular weight excluding hydrogens is 204 g/mol. The fraction of sp³-hybridized carbons (Fsp3) is 0.412. The minimum Gasteiger partial charge on any atom is -0.0581 e. The Morgan fingerprint density at radius 3 is 1.94 bits per heavy atom. The topological polar surface area (TPSA) is 0 Å². The SMILES string of the molecule is Cc1c(C)c(C)c2cc(C3CC3)ccc2c1C. The van der Waals surface area contributed by atoms with E-state index in [1.165, 1.54) is 45.9 Å². The third-order valence-electron chi connectivity index (χ3n) is 4.59. The largest absolute Gasteiger partial charge is 0.0581 e. The highest BCUT2D eigenvalue weighted by Crippen LogP contribution is 2.42. The predicted octanol–water partition coefficient (Wildman–Crippen LogP) is 4.95. The van der Waals surface area contributed by atoms with Crippen LogP contribution in [0.1, 0.15) is 46.6 Å². The highest BCUT2D eigenvalue weighted by molar-refractivity contribution is 5.91. The number of rotatable bonds is 1. The summed E-state index contributed by atoms with van der Waals surface area (Å²) in [6, 6.07) is 7.10. The highest BCUT2D eigenvalue weighted by atomic mass is 14.3. The Balaban J connectivity index is 2.35. The van der Waals surface area contributed by atoms with Gasteiger partial charge in [0.05, 0.1) is 0 Å². The second-order valence-corrected chi connectivity index (χ2v) is 5.58. The summed E-state index contributed by atoms with van der Waals surface area (Å²) in [6.07, 6.45) is 2.77. The molecule has 88 valence electrons. The van der Waals surface area contributed by atoms with Gasteiger partial charge in [-0.3, -0.25) is 0 Å². The van der Waals surface area contributed by atoms with E-state index in [4.69, 9.17) is 0 Å². The van der Waals surface area contributed by atoms with Crippen molar-refractivity contribution in [2.45, 2.75) is 46.5 Å². The molecule has 0 aromatic heterocycles. The lowest BCUT2D eigenvalue weighted by Crippen LogP contribution is -1.94. The molecule has 17 heavy (non-hydrogen) atoms. The quantitative estimate of drug-likeness (QED) is 0.643. The van der Waals surface area contributed by atoms with E-state index in [2.05, 4.69) is 45.9 Å². The summed E-state index contributed by atoms with van der Waals surface area (Å²) in [4.78, 5) is 0. The van der Waals surface area contributed by atoms with E-state index in [0.717, 1.165) is 5.92 Å². The summed E-state index contributed by atoms with van der Waals surface area (Å²) in [5.41, 5.74) is 7.37. The Labute approximate surface area is 104 Å². The number of benzene rings is 2. The Bertz CT molecular complexity index is 601. The Morgan fingerprint density at radius 1 is 0.765 bits per heavy atom. The number of hydrogen-bond acceptors (Lipinski definition) is 0. The van der Waals surface area contributed by atoms with Crippen LogP contribution in [0.3, 0.4) is 0 Å². The van der Waals surface area contributed by atoms with Crippen molar-refractivity contribution in [1.82, 2.24) is 0 Å². The Morgan fingerprint density at radius 2 is 1.35 bits per heavy atom. The molecule has 2 aromatic carbocycles. The van der Waals surface area contributed by atoms with Crippen LogP contribution in [0, 0.1) is 27.7 Å². The minimum atomic E-state index is 0.848. The molecule has 2 aromatic rings. The molecule has 3 rings (SSSR count). The van der Waals surface area contributed by atoms with Gasteiger partial charge in [0.2, 0.25) is 0 Å². The summed E-state index contributed by atoms with van der Waals surface area (Å²) in [6.45, 7) is 9.01. The normalized spacial score (nSPS) is 15.5. The molecule has 1 aliphatic rings. The Hall–Kier alpha value is -1.30. The molecule has 1 aliphatic carbocycles. The van der Waals surface area contributed by atoms with Gasteiger partial charge in [-0.25, -0.2) is 0 Å². The van der Waals surface area contributed by atoms with E-state index in [0.29, 0.717) is 0 Å². The van der Waals surface area contributed by atoms with Gasteiger partial charge in [0, 0.05) is 0 Å². The van der Waals surface area contributed by atoms with Gasteiger partial charge in [0.25, 0.3) is 0 Å². The van der Waals surface area contributed by atoms with Gasteiger partial charge < -0.3 is 0 Å². The average molecular weight is 224 g/mol. The lowest BCUT2D eigenvalue weighted by molar-refractivity contribution is 1.13. The third-order valence-corrected chi connectivity index (χ3v) is 4.59. The molecule has 0 radical (unpaired) electrons. The van der Waals surface area contributed by atoms with Crippen LogP contribution in [0.5, 0.6) is 0 Å². The lowest BCUT2D eigenvalue weighted by atomic mass is 9.90. The number of fused-ring (bicyclic) bond motifs is 1. The van der Waals surface area contributed by atoms with Crippen molar-refractivity contribution in [3.63, 3.8) is 0 Å². The van der Waals surface area contributed by atoms with Crippen LogP contribution in [0.25, 0.3) is 10.8 Å². The molecule has 0 amide bonds. The van der Waals surface area contributed by atoms with Gasteiger partial charge >= 0.3 is 0 Å². The van der Waals surface area contributed by atoms with Crippen LogP contribution in [-0.2, 0) is 0 Å². The molecule has 1 fully saturated rings. The van der Waals surface area contributed by atoms with Gasteiger partial charge in [-0.05, 0) is 85.0 Å². The maximum atomic E-state index is 2.43. The summed E-state index contributed by atoms with van der Waals surface area (Å²) in [7, 11) is 0. The smallest absolute Gasteiger partial charge is 0.0146 e. The van der Waals surface area contributed by atoms with E-state index in [9.17, 15) is 0 Å². The molecule has 0 heteroatoms. The maximum absolute atomic E-state index is 2.43. The molecule has 0 nitrogen and oxygen atoms in total. The molecule has 0 N–H and O–H groups in total. The zero-order chi connectivity index (χ0) is 12.2. The summed E-state index contributed by atoms with van der Waals surface area (Å²) < 4.78 is 0. The zero-order valence-electron chi connectivity index (χ0n) is 11.2. The fourth-order valence-electron chi connectivity index (χ4n) is 2.84. The van der Waals surface area contributed by atoms with Gasteiger partial charge in [0.1, 0.15) is 0 Å². The first-order valence-corrected chi connectivity index (χ1v) is 6.59. The number of aryl methyl sites for hydroxylation is 2. The molecule has 0 spiro atoms. The van der Waals surface area contributed by atoms with Crippen molar-refractivity contribution in [2.75, 3.05) is 0 Å². The number of hydrogen-bond donors (Lipinski definition) is 0. The van der Waals surface area contributed by atoms with E-state index >= 15 is 0 Å². The Kier molecular flexibility index (Phi) is 2.29. The first-order chi connectivity index (χ1) is 8.09. The first-order valence-electron chi connectivity index (χ1n) is 6.59. The van der Waals surface area contributed by atoms with Crippen LogP contribution in [0.2, 0.25) is 0 Å². The molecule has 0 heterocycles. The van der Waals surface area contributed by atoms with Crippen LogP contribution < -0.4 is 0 Å². The second-order valence-electron chi connectivity index (χ2n) is 5.58. The van der Waals surface area contributed by atoms with Crippen LogP contribution in [0.4, 0.5) is 0 Å². The molecule has 0 aliphatic heterocycles. The van der Waals surface area contributed by atoms with Crippen molar-refractivity contribution >= 4 is 10.8 Å². The van der Waals surface area contributed by atoms with Gasteiger partial charge in [-0.1, -0.05) is 18.2 Å². The highest BCUT2D eigenvalue weighted by Gasteiger charge is 2.23. The fourth-order valence-corrected chi connectivity index (χ4v) is 2.84. The van der Waals surface area contributed by atoms with Crippen molar-refractivity contribution in [3.05, 3.63) is 46.0 Å². The summed E-state index contributed by atoms with van der Waals surface area (Å²) >= 11 is 0. The van der Waals surface area contributed by atoms with E-state index in [1.54, 1.807) is 5.56 Å². The van der Waals surface area contributed by atoms with Crippen molar-refractivity contribution in [3.8, 4) is 0 Å². The predicted molar refractivity (Wildman–Crippen MR) is 74.9 cm³/mol. The van der Waals surface area contributed by atoms with Crippen LogP contribution >= 0.6 is 0 Å². The van der Waals surface area contributed by atoms with Crippen LogP contribution in [0.15, 0.2) is 18.2 Å². The summed E-state index contributed by atoms with van der Waals surface area (Å²) in [5.74, 6) is 0.848. The van der Waals surface area contributed by atoms with Gasteiger partial charge in [-0.15, -0.1) is 0 Å². The lowest BCUT2D eigenvalue weighted by Gasteiger charge is -2.15. The molecule has 1 saturated carbocycles. The maximum Gasteiger partial charge on any atom is -0.0146 e.